The Kier molecular flexibility index (Phi) is 5.92. The van der Waals surface area contributed by atoms with E-state index in [1.165, 1.54) is 10.9 Å². The fourth-order valence-corrected chi connectivity index (χ4v) is 4.53. The van der Waals surface area contributed by atoms with Crippen LogP contribution in [-0.2, 0) is 17.8 Å². The van der Waals surface area contributed by atoms with Gasteiger partial charge < -0.3 is 4.90 Å². The second-order valence-corrected chi connectivity index (χ2v) is 8.69. The molecule has 1 aliphatic rings. The summed E-state index contributed by atoms with van der Waals surface area (Å²) in [5.41, 5.74) is 0.287. The van der Waals surface area contributed by atoms with Crippen LogP contribution in [0.2, 0.25) is 5.02 Å². The zero-order valence-electron chi connectivity index (χ0n) is 13.0. The molecular formula is C17H17BrClFN2OS. The van der Waals surface area contributed by atoms with E-state index in [4.69, 9.17) is 11.6 Å². The van der Waals surface area contributed by atoms with E-state index in [0.717, 1.165) is 23.4 Å². The molecule has 1 aromatic heterocycles. The van der Waals surface area contributed by atoms with Crippen molar-refractivity contribution < 1.29 is 9.18 Å². The minimum Gasteiger partial charge on any atom is -0.340 e. The van der Waals surface area contributed by atoms with E-state index in [0.29, 0.717) is 18.1 Å². The van der Waals surface area contributed by atoms with Gasteiger partial charge in [0.25, 0.3) is 0 Å². The molecule has 0 saturated carbocycles. The van der Waals surface area contributed by atoms with Crippen molar-refractivity contribution in [3.63, 3.8) is 0 Å². The molecule has 0 spiro atoms. The van der Waals surface area contributed by atoms with E-state index >= 15 is 0 Å². The summed E-state index contributed by atoms with van der Waals surface area (Å²) in [5.74, 6) is -0.488. The SMILES string of the molecule is O=C(Cc1c(F)cccc1Cl)N1CCN(Cc2ccc(Br)s2)CC1. The second-order valence-electron chi connectivity index (χ2n) is 5.74. The number of rotatable bonds is 4. The van der Waals surface area contributed by atoms with Crippen molar-refractivity contribution >= 4 is 44.8 Å². The van der Waals surface area contributed by atoms with Gasteiger partial charge in [-0.1, -0.05) is 17.7 Å². The number of thiophene rings is 1. The lowest BCUT2D eigenvalue weighted by atomic mass is 10.1. The number of carbonyl (C=O) groups is 1. The summed E-state index contributed by atoms with van der Waals surface area (Å²) >= 11 is 11.2. The Balaban J connectivity index is 1.53. The molecule has 3 nitrogen and oxygen atoms in total. The van der Waals surface area contributed by atoms with Gasteiger partial charge in [0, 0.05) is 48.2 Å². The summed E-state index contributed by atoms with van der Waals surface area (Å²) in [5, 5.41) is 0.310. The summed E-state index contributed by atoms with van der Waals surface area (Å²) in [7, 11) is 0. The molecule has 0 N–H and O–H groups in total. The van der Waals surface area contributed by atoms with Gasteiger partial charge in [-0.2, -0.15) is 0 Å². The molecule has 24 heavy (non-hydrogen) atoms. The first kappa shape index (κ1) is 17.9. The number of piperazine rings is 1. The Bertz CT molecular complexity index is 711. The molecule has 0 aliphatic carbocycles. The fraction of sp³-hybridized carbons (Fsp3) is 0.353. The van der Waals surface area contributed by atoms with Crippen LogP contribution in [0, 0.1) is 5.82 Å². The van der Waals surface area contributed by atoms with Gasteiger partial charge in [0.05, 0.1) is 10.2 Å². The van der Waals surface area contributed by atoms with Crippen LogP contribution in [0.25, 0.3) is 0 Å². The average molecular weight is 432 g/mol. The lowest BCUT2D eigenvalue weighted by Gasteiger charge is -2.34. The minimum absolute atomic E-state index is 0.0172. The normalized spacial score (nSPS) is 15.7. The number of hydrogen-bond acceptors (Lipinski definition) is 3. The predicted octanol–water partition coefficient (Wildman–Crippen LogP) is 4.19. The van der Waals surface area contributed by atoms with Crippen molar-refractivity contribution in [1.82, 2.24) is 9.80 Å². The summed E-state index contributed by atoms with van der Waals surface area (Å²) in [6.45, 7) is 3.88. The molecule has 0 bridgehead atoms. The summed E-state index contributed by atoms with van der Waals surface area (Å²) in [6.07, 6.45) is 0.0172. The highest BCUT2D eigenvalue weighted by Crippen LogP contribution is 2.24. The standard InChI is InChI=1S/C17H17BrClFN2OS/c18-16-5-4-12(24-16)11-21-6-8-22(9-7-21)17(23)10-13-14(19)2-1-3-15(13)20/h1-5H,6-11H2. The molecule has 1 amide bonds. The highest BCUT2D eigenvalue weighted by molar-refractivity contribution is 9.11. The fourth-order valence-electron chi connectivity index (χ4n) is 2.78. The van der Waals surface area contributed by atoms with Crippen molar-refractivity contribution in [3.8, 4) is 0 Å². The Morgan fingerprint density at radius 2 is 1.96 bits per heavy atom. The van der Waals surface area contributed by atoms with E-state index in [1.54, 1.807) is 28.4 Å². The summed E-state index contributed by atoms with van der Waals surface area (Å²) in [6, 6.07) is 8.67. The number of hydrogen-bond donors (Lipinski definition) is 0. The molecule has 7 heteroatoms. The lowest BCUT2D eigenvalue weighted by Crippen LogP contribution is -2.48. The molecule has 0 unspecified atom stereocenters. The molecule has 0 radical (unpaired) electrons. The number of nitrogens with zero attached hydrogens (tertiary/aromatic N) is 2. The second kappa shape index (κ2) is 7.95. The smallest absolute Gasteiger partial charge is 0.227 e. The minimum atomic E-state index is -0.419. The molecule has 0 atom stereocenters. The van der Waals surface area contributed by atoms with Crippen LogP contribution in [0.15, 0.2) is 34.1 Å². The highest BCUT2D eigenvalue weighted by atomic mass is 79.9. The molecule has 128 valence electrons. The van der Waals surface area contributed by atoms with Gasteiger partial charge in [-0.05, 0) is 40.2 Å². The maximum atomic E-state index is 13.8. The Hall–Kier alpha value is -0.950. The van der Waals surface area contributed by atoms with Crippen molar-refractivity contribution in [1.29, 1.82) is 0 Å². The van der Waals surface area contributed by atoms with Crippen molar-refractivity contribution in [2.45, 2.75) is 13.0 Å². The number of carbonyl (C=O) groups excluding carboxylic acids is 1. The molecule has 1 aromatic carbocycles. The Morgan fingerprint density at radius 3 is 2.58 bits per heavy atom. The summed E-state index contributed by atoms with van der Waals surface area (Å²) in [4.78, 5) is 17.9. The lowest BCUT2D eigenvalue weighted by molar-refractivity contribution is -0.132. The van der Waals surface area contributed by atoms with Crippen molar-refractivity contribution in [3.05, 3.63) is 55.4 Å². The van der Waals surface area contributed by atoms with Gasteiger partial charge in [0.15, 0.2) is 0 Å². The van der Waals surface area contributed by atoms with Gasteiger partial charge in [-0.3, -0.25) is 9.69 Å². The average Bonchev–Trinajstić information content (AvgIpc) is 2.96. The first-order valence-corrected chi connectivity index (χ1v) is 9.69. The van der Waals surface area contributed by atoms with Crippen LogP contribution < -0.4 is 0 Å². The third-order valence-electron chi connectivity index (χ3n) is 4.12. The van der Waals surface area contributed by atoms with Crippen molar-refractivity contribution in [2.24, 2.45) is 0 Å². The maximum absolute atomic E-state index is 13.8. The van der Waals surface area contributed by atoms with Crippen LogP contribution in [0.1, 0.15) is 10.4 Å². The zero-order chi connectivity index (χ0) is 17.1. The Morgan fingerprint density at radius 1 is 1.21 bits per heavy atom. The van der Waals surface area contributed by atoms with Crippen LogP contribution in [-0.4, -0.2) is 41.9 Å². The van der Waals surface area contributed by atoms with E-state index in [1.807, 2.05) is 0 Å². The molecular weight excluding hydrogens is 415 g/mol. The van der Waals surface area contributed by atoms with Gasteiger partial charge in [0.1, 0.15) is 5.82 Å². The van der Waals surface area contributed by atoms with E-state index in [9.17, 15) is 9.18 Å². The van der Waals surface area contributed by atoms with Gasteiger partial charge in [-0.15, -0.1) is 11.3 Å². The maximum Gasteiger partial charge on any atom is 0.227 e. The van der Waals surface area contributed by atoms with Crippen LogP contribution in [0.4, 0.5) is 4.39 Å². The largest absolute Gasteiger partial charge is 0.340 e. The number of benzene rings is 1. The topological polar surface area (TPSA) is 23.6 Å². The predicted molar refractivity (Wildman–Crippen MR) is 99.0 cm³/mol. The third-order valence-corrected chi connectivity index (χ3v) is 6.09. The van der Waals surface area contributed by atoms with Crippen LogP contribution >= 0.6 is 38.9 Å². The molecule has 2 heterocycles. The van der Waals surface area contributed by atoms with E-state index < -0.39 is 5.82 Å². The number of halogens is 3. The third kappa shape index (κ3) is 4.36. The van der Waals surface area contributed by atoms with Crippen molar-refractivity contribution in [2.75, 3.05) is 26.2 Å². The van der Waals surface area contributed by atoms with Gasteiger partial charge >= 0.3 is 0 Å². The molecule has 3 rings (SSSR count). The first-order valence-electron chi connectivity index (χ1n) is 7.70. The molecule has 1 fully saturated rings. The van der Waals surface area contributed by atoms with Gasteiger partial charge in [-0.25, -0.2) is 4.39 Å². The quantitative estimate of drug-likeness (QED) is 0.725. The molecule has 1 aliphatic heterocycles. The monoisotopic (exact) mass is 430 g/mol. The van der Waals surface area contributed by atoms with E-state index in [2.05, 4.69) is 33.0 Å². The first-order chi connectivity index (χ1) is 11.5. The van der Waals surface area contributed by atoms with E-state index in [-0.39, 0.29) is 17.9 Å². The van der Waals surface area contributed by atoms with Crippen LogP contribution in [0.5, 0.6) is 0 Å². The zero-order valence-corrected chi connectivity index (χ0v) is 16.1. The highest BCUT2D eigenvalue weighted by Gasteiger charge is 2.23. The molecule has 2 aromatic rings. The van der Waals surface area contributed by atoms with Gasteiger partial charge in [0.2, 0.25) is 5.91 Å². The number of amides is 1. The summed E-state index contributed by atoms with van der Waals surface area (Å²) < 4.78 is 15.0. The Labute approximate surface area is 158 Å². The molecule has 1 saturated heterocycles. The van der Waals surface area contributed by atoms with Crippen LogP contribution in [0.3, 0.4) is 0 Å².